The van der Waals surface area contributed by atoms with Gasteiger partial charge in [0, 0.05) is 7.11 Å². The second-order valence-electron chi connectivity index (χ2n) is 3.87. The lowest BCUT2D eigenvalue weighted by Gasteiger charge is -2.08. The van der Waals surface area contributed by atoms with Gasteiger partial charge in [-0.3, -0.25) is 4.79 Å². The van der Waals surface area contributed by atoms with Crippen LogP contribution >= 0.6 is 0 Å². The third kappa shape index (κ3) is 2.41. The van der Waals surface area contributed by atoms with Crippen molar-refractivity contribution in [2.75, 3.05) is 7.11 Å². The summed E-state index contributed by atoms with van der Waals surface area (Å²) in [7, 11) is 1.24. The first kappa shape index (κ1) is 13.4. The molecule has 0 saturated heterocycles. The summed E-state index contributed by atoms with van der Waals surface area (Å²) in [6.07, 6.45) is -5.70. The van der Waals surface area contributed by atoms with Crippen molar-refractivity contribution in [1.29, 1.82) is 0 Å². The van der Waals surface area contributed by atoms with Gasteiger partial charge in [-0.15, -0.1) is 0 Å². The Balaban J connectivity index is 2.43. The van der Waals surface area contributed by atoms with Crippen LogP contribution in [0, 0.1) is 0 Å². The zero-order chi connectivity index (χ0) is 14.2. The van der Waals surface area contributed by atoms with Crippen LogP contribution in [-0.4, -0.2) is 19.2 Å². The van der Waals surface area contributed by atoms with E-state index in [1.54, 1.807) is 0 Å². The molecule has 0 fully saturated rings. The van der Waals surface area contributed by atoms with Gasteiger partial charge in [0.25, 0.3) is 6.29 Å². The molecule has 4 nitrogen and oxygen atoms in total. The highest BCUT2D eigenvalue weighted by Gasteiger charge is 2.36. The van der Waals surface area contributed by atoms with Crippen LogP contribution in [-0.2, 0) is 20.4 Å². The van der Waals surface area contributed by atoms with E-state index in [0.717, 1.165) is 12.1 Å². The number of hydrogen-bond acceptors (Lipinski definition) is 4. The van der Waals surface area contributed by atoms with Crippen LogP contribution in [0.3, 0.4) is 0 Å². The second-order valence-corrected chi connectivity index (χ2v) is 3.87. The number of rotatable bonds is 2. The fourth-order valence-corrected chi connectivity index (χ4v) is 1.76. The lowest BCUT2D eigenvalue weighted by Crippen LogP contribution is -2.20. The van der Waals surface area contributed by atoms with Gasteiger partial charge in [-0.25, -0.2) is 0 Å². The van der Waals surface area contributed by atoms with Gasteiger partial charge in [0.2, 0.25) is 5.78 Å². The predicted molar refractivity (Wildman–Crippen MR) is 59.4 cm³/mol. The fraction of sp³-hybridized carbons (Fsp3) is 0.250. The SMILES string of the molecule is COC1OC(N)=C(c2cccc(C(F)(F)F)c2)C1=O. The van der Waals surface area contributed by atoms with Crippen LogP contribution in [0.25, 0.3) is 5.57 Å². The molecule has 0 radical (unpaired) electrons. The maximum atomic E-state index is 12.6. The van der Waals surface area contributed by atoms with E-state index in [2.05, 4.69) is 0 Å². The molecule has 0 aliphatic carbocycles. The number of benzene rings is 1. The number of alkyl halides is 3. The Hall–Kier alpha value is -2.02. The van der Waals surface area contributed by atoms with Gasteiger partial charge in [0.15, 0.2) is 5.88 Å². The number of methoxy groups -OCH3 is 1. The topological polar surface area (TPSA) is 61.6 Å². The van der Waals surface area contributed by atoms with Crippen LogP contribution in [0.1, 0.15) is 11.1 Å². The number of ketones is 1. The Morgan fingerprint density at radius 3 is 2.58 bits per heavy atom. The Morgan fingerprint density at radius 1 is 1.37 bits per heavy atom. The third-order valence-corrected chi connectivity index (χ3v) is 2.63. The quantitative estimate of drug-likeness (QED) is 0.894. The van der Waals surface area contributed by atoms with Crippen LogP contribution in [0.2, 0.25) is 0 Å². The van der Waals surface area contributed by atoms with Crippen LogP contribution in [0.15, 0.2) is 30.1 Å². The van der Waals surface area contributed by atoms with Gasteiger partial charge >= 0.3 is 6.18 Å². The first-order valence-electron chi connectivity index (χ1n) is 5.25. The minimum absolute atomic E-state index is 0.0527. The second kappa shape index (κ2) is 4.58. The molecule has 0 bridgehead atoms. The molecule has 102 valence electrons. The Bertz CT molecular complexity index is 551. The molecule has 1 aromatic carbocycles. The third-order valence-electron chi connectivity index (χ3n) is 2.63. The average molecular weight is 273 g/mol. The molecule has 0 aromatic heterocycles. The molecule has 7 heteroatoms. The van der Waals surface area contributed by atoms with Crippen molar-refractivity contribution in [3.63, 3.8) is 0 Å². The van der Waals surface area contributed by atoms with Crippen molar-refractivity contribution >= 4 is 11.4 Å². The summed E-state index contributed by atoms with van der Waals surface area (Å²) in [6, 6.07) is 4.32. The largest absolute Gasteiger partial charge is 0.442 e. The van der Waals surface area contributed by atoms with Gasteiger partial charge < -0.3 is 15.2 Å². The summed E-state index contributed by atoms with van der Waals surface area (Å²) >= 11 is 0. The molecule has 1 aromatic rings. The first-order chi connectivity index (χ1) is 8.84. The molecule has 0 amide bonds. The van der Waals surface area contributed by atoms with Crippen LogP contribution in [0.4, 0.5) is 13.2 Å². The number of Topliss-reactive ketones (excluding diaryl/α,β-unsaturated/α-hetero) is 1. The zero-order valence-electron chi connectivity index (χ0n) is 9.82. The molecular weight excluding hydrogens is 263 g/mol. The number of ether oxygens (including phenoxy) is 2. The van der Waals surface area contributed by atoms with Crippen LogP contribution in [0.5, 0.6) is 0 Å². The standard InChI is InChI=1S/C12H10F3NO3/c1-18-11-9(17)8(10(16)19-11)6-3-2-4-7(5-6)12(13,14)15/h2-5,11H,16H2,1H3. The fourth-order valence-electron chi connectivity index (χ4n) is 1.76. The Morgan fingerprint density at radius 2 is 2.05 bits per heavy atom. The smallest absolute Gasteiger partial charge is 0.416 e. The molecule has 1 unspecified atom stereocenters. The predicted octanol–water partition coefficient (Wildman–Crippen LogP) is 1.90. The summed E-state index contributed by atoms with van der Waals surface area (Å²) in [5.74, 6) is -0.838. The number of nitrogens with two attached hydrogens (primary N) is 1. The summed E-state index contributed by atoms with van der Waals surface area (Å²) in [5, 5.41) is 0. The molecule has 0 saturated carbocycles. The van der Waals surface area contributed by atoms with Gasteiger partial charge in [-0.1, -0.05) is 12.1 Å². The molecule has 1 heterocycles. The summed E-state index contributed by atoms with van der Waals surface area (Å²) < 4.78 is 47.5. The summed E-state index contributed by atoms with van der Waals surface area (Å²) in [5.41, 5.74) is 4.59. The lowest BCUT2D eigenvalue weighted by atomic mass is 10.0. The number of hydrogen-bond donors (Lipinski definition) is 1. The lowest BCUT2D eigenvalue weighted by molar-refractivity contribution is -0.143. The number of halogens is 3. The van der Waals surface area contributed by atoms with E-state index in [-0.39, 0.29) is 17.0 Å². The van der Waals surface area contributed by atoms with Crippen molar-refractivity contribution in [3.05, 3.63) is 41.3 Å². The monoisotopic (exact) mass is 273 g/mol. The van der Waals surface area contributed by atoms with E-state index in [0.29, 0.717) is 0 Å². The van der Waals surface area contributed by atoms with Crippen molar-refractivity contribution in [3.8, 4) is 0 Å². The highest BCUT2D eigenvalue weighted by atomic mass is 19.4. The highest BCUT2D eigenvalue weighted by molar-refractivity contribution is 6.24. The molecule has 1 aliphatic rings. The Kier molecular flexibility index (Phi) is 3.23. The maximum Gasteiger partial charge on any atom is 0.416 e. The van der Waals surface area contributed by atoms with Gasteiger partial charge in [0.05, 0.1) is 11.1 Å². The summed E-state index contributed by atoms with van der Waals surface area (Å²) in [4.78, 5) is 11.8. The van der Waals surface area contributed by atoms with E-state index < -0.39 is 23.8 Å². The maximum absolute atomic E-state index is 12.6. The van der Waals surface area contributed by atoms with E-state index in [1.807, 2.05) is 0 Å². The number of carbonyl (C=O) groups is 1. The van der Waals surface area contributed by atoms with E-state index in [4.69, 9.17) is 15.2 Å². The molecule has 1 atom stereocenters. The molecule has 0 spiro atoms. The first-order valence-corrected chi connectivity index (χ1v) is 5.25. The minimum atomic E-state index is -4.49. The minimum Gasteiger partial charge on any atom is -0.442 e. The highest BCUT2D eigenvalue weighted by Crippen LogP contribution is 2.33. The van der Waals surface area contributed by atoms with Crippen molar-refractivity contribution in [2.24, 2.45) is 5.73 Å². The van der Waals surface area contributed by atoms with E-state index in [1.165, 1.54) is 19.2 Å². The van der Waals surface area contributed by atoms with Crippen molar-refractivity contribution in [2.45, 2.75) is 12.5 Å². The van der Waals surface area contributed by atoms with Gasteiger partial charge in [0.1, 0.15) is 0 Å². The van der Waals surface area contributed by atoms with E-state index in [9.17, 15) is 18.0 Å². The average Bonchev–Trinajstić information content (AvgIpc) is 2.63. The van der Waals surface area contributed by atoms with Crippen LogP contribution < -0.4 is 5.73 Å². The Labute approximate surface area is 106 Å². The summed E-state index contributed by atoms with van der Waals surface area (Å²) in [6.45, 7) is 0. The normalized spacial score (nSPS) is 19.8. The molecule has 2 rings (SSSR count). The molecule has 1 aliphatic heterocycles. The zero-order valence-corrected chi connectivity index (χ0v) is 9.82. The molecule has 2 N–H and O–H groups in total. The number of carbonyl (C=O) groups excluding carboxylic acids is 1. The van der Waals surface area contributed by atoms with Crippen molar-refractivity contribution < 1.29 is 27.4 Å². The molecule has 19 heavy (non-hydrogen) atoms. The van der Waals surface area contributed by atoms with Gasteiger partial charge in [-0.2, -0.15) is 13.2 Å². The molecular formula is C12H10F3NO3. The van der Waals surface area contributed by atoms with Gasteiger partial charge in [-0.05, 0) is 17.7 Å². The van der Waals surface area contributed by atoms with Crippen molar-refractivity contribution in [1.82, 2.24) is 0 Å². The van der Waals surface area contributed by atoms with E-state index >= 15 is 0 Å².